The highest BCUT2D eigenvalue weighted by molar-refractivity contribution is 7.22. The Morgan fingerprint density at radius 1 is 1.14 bits per heavy atom. The van der Waals surface area contributed by atoms with Gasteiger partial charge < -0.3 is 25.3 Å². The first-order valence-electron chi connectivity index (χ1n) is 12.2. The van der Waals surface area contributed by atoms with E-state index in [1.54, 1.807) is 17.0 Å². The average molecular weight is 541 g/mol. The first kappa shape index (κ1) is 25.3. The SMILES string of the molecule is CC(C)(C)OC(=O)N1CCC(CNC(=O)c2ccc3nc(Nc4nc5ccc(Cl)cc5s4)[nH]c3c2)CC1. The fourth-order valence-electron chi connectivity index (χ4n) is 4.25. The van der Waals surface area contributed by atoms with Crippen molar-refractivity contribution in [3.8, 4) is 0 Å². The molecule has 0 spiro atoms. The van der Waals surface area contributed by atoms with E-state index in [-0.39, 0.29) is 12.0 Å². The van der Waals surface area contributed by atoms with Crippen LogP contribution in [0.25, 0.3) is 21.3 Å². The molecule has 0 radical (unpaired) electrons. The van der Waals surface area contributed by atoms with E-state index in [0.717, 1.165) is 34.1 Å². The molecule has 1 saturated heterocycles. The van der Waals surface area contributed by atoms with Crippen LogP contribution in [0.1, 0.15) is 44.0 Å². The van der Waals surface area contributed by atoms with Crippen molar-refractivity contribution in [2.75, 3.05) is 25.0 Å². The molecule has 2 aromatic heterocycles. The first-order valence-corrected chi connectivity index (χ1v) is 13.4. The van der Waals surface area contributed by atoms with Crippen molar-refractivity contribution in [1.29, 1.82) is 0 Å². The zero-order chi connectivity index (χ0) is 26.2. The summed E-state index contributed by atoms with van der Waals surface area (Å²) in [6.45, 7) is 7.43. The summed E-state index contributed by atoms with van der Waals surface area (Å²) in [5, 5.41) is 7.61. The fourth-order valence-corrected chi connectivity index (χ4v) is 5.39. The highest BCUT2D eigenvalue weighted by atomic mass is 35.5. The summed E-state index contributed by atoms with van der Waals surface area (Å²) >= 11 is 7.56. The lowest BCUT2D eigenvalue weighted by Gasteiger charge is -2.33. The highest BCUT2D eigenvalue weighted by Gasteiger charge is 2.27. The lowest BCUT2D eigenvalue weighted by molar-refractivity contribution is 0.0183. The maximum absolute atomic E-state index is 12.8. The largest absolute Gasteiger partial charge is 0.444 e. The molecule has 194 valence electrons. The Morgan fingerprint density at radius 3 is 2.65 bits per heavy atom. The maximum Gasteiger partial charge on any atom is 0.410 e. The lowest BCUT2D eigenvalue weighted by Crippen LogP contribution is -2.43. The van der Waals surface area contributed by atoms with Crippen LogP contribution in [-0.4, -0.2) is 57.1 Å². The molecule has 2 aromatic carbocycles. The van der Waals surface area contributed by atoms with Crippen molar-refractivity contribution in [1.82, 2.24) is 25.2 Å². The van der Waals surface area contributed by atoms with E-state index >= 15 is 0 Å². The number of aromatic nitrogens is 3. The van der Waals surface area contributed by atoms with Gasteiger partial charge in [-0.1, -0.05) is 22.9 Å². The number of amides is 2. The second kappa shape index (κ2) is 10.2. The number of nitrogens with zero attached hydrogens (tertiary/aromatic N) is 3. The van der Waals surface area contributed by atoms with Gasteiger partial charge in [0.2, 0.25) is 5.95 Å². The molecular weight excluding hydrogens is 512 g/mol. The van der Waals surface area contributed by atoms with E-state index in [2.05, 4.69) is 25.6 Å². The Bertz CT molecular complexity index is 1450. The Kier molecular flexibility index (Phi) is 6.96. The molecule has 3 heterocycles. The molecule has 37 heavy (non-hydrogen) atoms. The number of hydrogen-bond donors (Lipinski definition) is 3. The van der Waals surface area contributed by atoms with Crippen molar-refractivity contribution in [3.63, 3.8) is 0 Å². The minimum absolute atomic E-state index is 0.136. The predicted octanol–water partition coefficient (Wildman–Crippen LogP) is 5.95. The summed E-state index contributed by atoms with van der Waals surface area (Å²) in [7, 11) is 0. The zero-order valence-corrected chi connectivity index (χ0v) is 22.5. The van der Waals surface area contributed by atoms with E-state index in [1.165, 1.54) is 11.3 Å². The lowest BCUT2D eigenvalue weighted by atomic mass is 9.97. The summed E-state index contributed by atoms with van der Waals surface area (Å²) in [4.78, 5) is 39.2. The number of H-pyrrole nitrogens is 1. The minimum atomic E-state index is -0.501. The van der Waals surface area contributed by atoms with E-state index < -0.39 is 5.60 Å². The topological polar surface area (TPSA) is 112 Å². The zero-order valence-electron chi connectivity index (χ0n) is 20.9. The van der Waals surface area contributed by atoms with Crippen LogP contribution in [0.15, 0.2) is 36.4 Å². The molecule has 3 N–H and O–H groups in total. The van der Waals surface area contributed by atoms with Gasteiger partial charge in [0.05, 0.1) is 21.3 Å². The monoisotopic (exact) mass is 540 g/mol. The molecular formula is C26H29ClN6O3S. The van der Waals surface area contributed by atoms with Crippen molar-refractivity contribution >= 4 is 67.3 Å². The summed E-state index contributed by atoms with van der Waals surface area (Å²) in [6.07, 6.45) is 1.38. The molecule has 1 aliphatic rings. The third-order valence-electron chi connectivity index (χ3n) is 6.14. The number of nitrogens with one attached hydrogen (secondary N) is 3. The van der Waals surface area contributed by atoms with Gasteiger partial charge in [-0.2, -0.15) is 0 Å². The number of ether oxygens (including phenoxy) is 1. The van der Waals surface area contributed by atoms with E-state index in [9.17, 15) is 9.59 Å². The smallest absolute Gasteiger partial charge is 0.410 e. The van der Waals surface area contributed by atoms with E-state index in [4.69, 9.17) is 16.3 Å². The van der Waals surface area contributed by atoms with Crippen LogP contribution in [0.4, 0.5) is 15.9 Å². The molecule has 0 saturated carbocycles. The number of halogens is 1. The Hall–Kier alpha value is -3.37. The normalized spacial score (nSPS) is 14.8. The van der Waals surface area contributed by atoms with Crippen molar-refractivity contribution in [2.45, 2.75) is 39.2 Å². The Morgan fingerprint density at radius 2 is 1.89 bits per heavy atom. The van der Waals surface area contributed by atoms with Crippen LogP contribution in [0.5, 0.6) is 0 Å². The molecule has 0 unspecified atom stereocenters. The van der Waals surface area contributed by atoms with Gasteiger partial charge in [-0.15, -0.1) is 0 Å². The molecule has 0 bridgehead atoms. The fraction of sp³-hybridized carbons (Fsp3) is 0.385. The minimum Gasteiger partial charge on any atom is -0.444 e. The molecule has 9 nitrogen and oxygen atoms in total. The number of likely N-dealkylation sites (tertiary alicyclic amines) is 1. The number of rotatable bonds is 5. The van der Waals surface area contributed by atoms with Gasteiger partial charge >= 0.3 is 6.09 Å². The van der Waals surface area contributed by atoms with Crippen molar-refractivity contribution in [2.24, 2.45) is 5.92 Å². The standard InChI is InChI=1S/C26H29ClN6O3S/c1-26(2,3)36-25(35)33-10-8-15(9-11-33)14-28-22(34)16-4-6-18-20(12-16)30-23(29-18)32-24-31-19-7-5-17(27)13-21(19)37-24/h4-7,12-13,15H,8-11,14H2,1-3H3,(H,28,34)(H2,29,30,31,32). The number of carbonyl (C=O) groups is 2. The number of aromatic amines is 1. The summed E-state index contributed by atoms with van der Waals surface area (Å²) in [6, 6.07) is 11.0. The van der Waals surface area contributed by atoms with Crippen molar-refractivity contribution < 1.29 is 14.3 Å². The van der Waals surface area contributed by atoms with Gasteiger partial charge in [-0.25, -0.2) is 14.8 Å². The van der Waals surface area contributed by atoms with Crippen LogP contribution in [0, 0.1) is 5.92 Å². The van der Waals surface area contributed by atoms with Crippen LogP contribution in [-0.2, 0) is 4.74 Å². The van der Waals surface area contributed by atoms with Gasteiger partial charge in [0, 0.05) is 30.2 Å². The van der Waals surface area contributed by atoms with Gasteiger partial charge in [0.15, 0.2) is 5.13 Å². The summed E-state index contributed by atoms with van der Waals surface area (Å²) < 4.78 is 6.44. The third-order valence-corrected chi connectivity index (χ3v) is 7.31. The average Bonchev–Trinajstić information content (AvgIpc) is 3.43. The van der Waals surface area contributed by atoms with Gasteiger partial charge in [-0.05, 0) is 75.9 Å². The van der Waals surface area contributed by atoms with Crippen LogP contribution >= 0.6 is 22.9 Å². The Balaban J connectivity index is 1.16. The van der Waals surface area contributed by atoms with E-state index in [1.807, 2.05) is 45.0 Å². The predicted molar refractivity (Wildman–Crippen MR) is 147 cm³/mol. The molecule has 1 aliphatic heterocycles. The maximum atomic E-state index is 12.8. The molecule has 5 rings (SSSR count). The number of anilines is 2. The number of imidazole rings is 1. The van der Waals surface area contributed by atoms with Crippen LogP contribution in [0.3, 0.4) is 0 Å². The highest BCUT2D eigenvalue weighted by Crippen LogP contribution is 2.30. The summed E-state index contributed by atoms with van der Waals surface area (Å²) in [5.41, 5.74) is 2.42. The molecule has 0 atom stereocenters. The molecule has 2 amide bonds. The molecule has 0 aliphatic carbocycles. The third kappa shape index (κ3) is 6.14. The summed E-state index contributed by atoms with van der Waals surface area (Å²) in [5.74, 6) is 0.733. The Labute approximate surface area is 223 Å². The van der Waals surface area contributed by atoms with Crippen LogP contribution in [0.2, 0.25) is 5.02 Å². The number of hydrogen-bond acceptors (Lipinski definition) is 7. The van der Waals surface area contributed by atoms with Gasteiger partial charge in [-0.3, -0.25) is 4.79 Å². The number of benzene rings is 2. The molecule has 1 fully saturated rings. The van der Waals surface area contributed by atoms with E-state index in [0.29, 0.717) is 47.2 Å². The molecule has 11 heteroatoms. The quantitative estimate of drug-likeness (QED) is 0.288. The first-order chi connectivity index (χ1) is 17.6. The van der Waals surface area contributed by atoms with Gasteiger partial charge in [0.1, 0.15) is 5.60 Å². The van der Waals surface area contributed by atoms with Gasteiger partial charge in [0.25, 0.3) is 5.91 Å². The number of thiazole rings is 1. The number of fused-ring (bicyclic) bond motifs is 2. The van der Waals surface area contributed by atoms with Crippen molar-refractivity contribution in [3.05, 3.63) is 47.0 Å². The number of carbonyl (C=O) groups excluding carboxylic acids is 2. The second-order valence-electron chi connectivity index (χ2n) is 10.2. The molecule has 4 aromatic rings. The van der Waals surface area contributed by atoms with Crippen LogP contribution < -0.4 is 10.6 Å². The number of piperidine rings is 1. The second-order valence-corrected chi connectivity index (χ2v) is 11.7.